The first-order valence-electron chi connectivity index (χ1n) is 10.4. The van der Waals surface area contributed by atoms with Gasteiger partial charge in [-0.15, -0.1) is 5.10 Å². The average Bonchev–Trinajstić information content (AvgIpc) is 3.38. The number of pyridine rings is 1. The lowest BCUT2D eigenvalue weighted by molar-refractivity contribution is 0.755. The summed E-state index contributed by atoms with van der Waals surface area (Å²) in [5.74, 6) is 1.66. The van der Waals surface area contributed by atoms with E-state index in [1.165, 1.54) is 11.1 Å². The molecule has 0 radical (unpaired) electrons. The Morgan fingerprint density at radius 3 is 2.50 bits per heavy atom. The van der Waals surface area contributed by atoms with Crippen LogP contribution >= 0.6 is 23.4 Å². The van der Waals surface area contributed by atoms with Gasteiger partial charge in [-0.3, -0.25) is 0 Å². The van der Waals surface area contributed by atoms with Crippen LogP contribution in [0.1, 0.15) is 22.6 Å². The van der Waals surface area contributed by atoms with E-state index in [1.54, 1.807) is 11.8 Å². The highest BCUT2D eigenvalue weighted by Crippen LogP contribution is 2.25. The van der Waals surface area contributed by atoms with Crippen LogP contribution in [0.3, 0.4) is 0 Å². The van der Waals surface area contributed by atoms with Gasteiger partial charge in [-0.1, -0.05) is 65.8 Å². The molecule has 0 spiro atoms. The quantitative estimate of drug-likeness (QED) is 0.283. The van der Waals surface area contributed by atoms with Crippen molar-refractivity contribution in [3.63, 3.8) is 0 Å². The van der Waals surface area contributed by atoms with E-state index in [2.05, 4.69) is 59.2 Å². The Hall–Kier alpha value is -3.09. The van der Waals surface area contributed by atoms with E-state index < -0.39 is 0 Å². The molecule has 0 bridgehead atoms. The SMILES string of the molecule is Cc1cc(C)n2nc(SCc3nc(-c4ccccc4)cn3Cc3ccc(Cl)cc3)nc2c1. The lowest BCUT2D eigenvalue weighted by Crippen LogP contribution is -2.03. The number of aryl methyl sites for hydroxylation is 2. The molecule has 0 fully saturated rings. The van der Waals surface area contributed by atoms with Gasteiger partial charge in [0.15, 0.2) is 5.65 Å². The summed E-state index contributed by atoms with van der Waals surface area (Å²) in [6.45, 7) is 4.85. The first kappa shape index (κ1) is 20.8. The van der Waals surface area contributed by atoms with E-state index in [1.807, 2.05) is 41.8 Å². The highest BCUT2D eigenvalue weighted by atomic mass is 35.5. The smallest absolute Gasteiger partial charge is 0.209 e. The van der Waals surface area contributed by atoms with E-state index >= 15 is 0 Å². The van der Waals surface area contributed by atoms with Gasteiger partial charge in [0.05, 0.1) is 11.4 Å². The molecule has 0 amide bonds. The first-order valence-corrected chi connectivity index (χ1v) is 11.7. The van der Waals surface area contributed by atoms with Crippen LogP contribution in [0.4, 0.5) is 0 Å². The van der Waals surface area contributed by atoms with Crippen LogP contribution in [-0.4, -0.2) is 24.1 Å². The summed E-state index contributed by atoms with van der Waals surface area (Å²) in [4.78, 5) is 9.65. The van der Waals surface area contributed by atoms with Gasteiger partial charge in [-0.2, -0.15) is 0 Å². The van der Waals surface area contributed by atoms with Gasteiger partial charge in [0.1, 0.15) is 5.82 Å². The van der Waals surface area contributed by atoms with Crippen molar-refractivity contribution in [1.29, 1.82) is 0 Å². The minimum atomic E-state index is 0.676. The molecule has 5 nitrogen and oxygen atoms in total. The molecule has 7 heteroatoms. The number of thioether (sulfide) groups is 1. The van der Waals surface area contributed by atoms with E-state index in [4.69, 9.17) is 21.6 Å². The van der Waals surface area contributed by atoms with Gasteiger partial charge >= 0.3 is 0 Å². The highest BCUT2D eigenvalue weighted by molar-refractivity contribution is 7.98. The van der Waals surface area contributed by atoms with E-state index in [9.17, 15) is 0 Å². The van der Waals surface area contributed by atoms with Gasteiger partial charge in [-0.25, -0.2) is 14.5 Å². The van der Waals surface area contributed by atoms with Crippen LogP contribution in [0.2, 0.25) is 5.02 Å². The lowest BCUT2D eigenvalue weighted by Gasteiger charge is -2.07. The van der Waals surface area contributed by atoms with Crippen molar-refractivity contribution in [1.82, 2.24) is 24.1 Å². The van der Waals surface area contributed by atoms with Crippen molar-refractivity contribution in [2.24, 2.45) is 0 Å². The summed E-state index contributed by atoms with van der Waals surface area (Å²) in [5.41, 5.74) is 6.38. The number of hydrogen-bond acceptors (Lipinski definition) is 4. The van der Waals surface area contributed by atoms with Gasteiger partial charge in [0, 0.05) is 29.0 Å². The number of aromatic nitrogens is 5. The monoisotopic (exact) mass is 459 g/mol. The number of benzene rings is 2. The summed E-state index contributed by atoms with van der Waals surface area (Å²) in [7, 11) is 0. The minimum Gasteiger partial charge on any atom is -0.329 e. The second kappa shape index (κ2) is 8.81. The largest absolute Gasteiger partial charge is 0.329 e. The molecule has 5 rings (SSSR count). The standard InChI is InChI=1S/C25H22ClN5S/c1-17-12-18(2)31-23(13-17)28-25(29-31)32-16-24-27-22(20-6-4-3-5-7-20)15-30(24)14-19-8-10-21(26)11-9-19/h3-13,15H,14,16H2,1-2H3. The molecule has 0 aliphatic heterocycles. The minimum absolute atomic E-state index is 0.676. The number of imidazole rings is 1. The van der Waals surface area contributed by atoms with Gasteiger partial charge in [-0.05, 0) is 49.2 Å². The predicted octanol–water partition coefficient (Wildman–Crippen LogP) is 6.20. The van der Waals surface area contributed by atoms with Crippen molar-refractivity contribution < 1.29 is 0 Å². The molecule has 0 saturated carbocycles. The fourth-order valence-corrected chi connectivity index (χ4v) is 4.64. The van der Waals surface area contributed by atoms with Crippen molar-refractivity contribution in [2.75, 3.05) is 0 Å². The van der Waals surface area contributed by atoms with Crippen LogP contribution in [0.25, 0.3) is 16.9 Å². The normalized spacial score (nSPS) is 11.3. The molecular formula is C25H22ClN5S. The van der Waals surface area contributed by atoms with Crippen molar-refractivity contribution >= 4 is 29.0 Å². The third-order valence-electron chi connectivity index (χ3n) is 5.27. The molecule has 160 valence electrons. The molecule has 3 aromatic heterocycles. The second-order valence-corrected chi connectivity index (χ2v) is 9.17. The fraction of sp³-hybridized carbons (Fsp3) is 0.160. The Morgan fingerprint density at radius 2 is 1.72 bits per heavy atom. The number of hydrogen-bond donors (Lipinski definition) is 0. The van der Waals surface area contributed by atoms with Crippen LogP contribution in [0.15, 0.2) is 78.1 Å². The van der Waals surface area contributed by atoms with E-state index in [0.717, 1.165) is 45.1 Å². The van der Waals surface area contributed by atoms with Gasteiger partial charge in [0.25, 0.3) is 0 Å². The van der Waals surface area contributed by atoms with Crippen molar-refractivity contribution in [3.8, 4) is 11.3 Å². The maximum Gasteiger partial charge on any atom is 0.209 e. The summed E-state index contributed by atoms with van der Waals surface area (Å²) < 4.78 is 4.09. The van der Waals surface area contributed by atoms with Crippen LogP contribution in [0, 0.1) is 13.8 Å². The molecule has 32 heavy (non-hydrogen) atoms. The molecule has 0 saturated heterocycles. The third kappa shape index (κ3) is 4.42. The third-order valence-corrected chi connectivity index (χ3v) is 6.35. The molecule has 2 aromatic carbocycles. The number of fused-ring (bicyclic) bond motifs is 1. The van der Waals surface area contributed by atoms with Gasteiger partial charge in [0.2, 0.25) is 5.16 Å². The summed E-state index contributed by atoms with van der Waals surface area (Å²) in [5, 5.41) is 6.16. The average molecular weight is 460 g/mol. The Balaban J connectivity index is 1.44. The zero-order valence-electron chi connectivity index (χ0n) is 17.9. The summed E-state index contributed by atoms with van der Waals surface area (Å²) in [6.07, 6.45) is 2.12. The predicted molar refractivity (Wildman–Crippen MR) is 130 cm³/mol. The Labute approximate surface area is 196 Å². The molecule has 0 atom stereocenters. The summed E-state index contributed by atoms with van der Waals surface area (Å²) in [6, 6.07) is 22.4. The molecular weight excluding hydrogens is 438 g/mol. The van der Waals surface area contributed by atoms with Crippen LogP contribution in [-0.2, 0) is 12.3 Å². The molecule has 3 heterocycles. The molecule has 0 N–H and O–H groups in total. The van der Waals surface area contributed by atoms with E-state index in [-0.39, 0.29) is 0 Å². The van der Waals surface area contributed by atoms with Crippen LogP contribution in [0.5, 0.6) is 0 Å². The Morgan fingerprint density at radius 1 is 0.938 bits per heavy atom. The van der Waals surface area contributed by atoms with Crippen molar-refractivity contribution in [3.05, 3.63) is 101 Å². The number of rotatable bonds is 6. The van der Waals surface area contributed by atoms with Crippen LogP contribution < -0.4 is 0 Å². The second-order valence-electron chi connectivity index (χ2n) is 7.79. The zero-order valence-corrected chi connectivity index (χ0v) is 19.4. The molecule has 5 aromatic rings. The summed E-state index contributed by atoms with van der Waals surface area (Å²) >= 11 is 7.67. The van der Waals surface area contributed by atoms with Gasteiger partial charge < -0.3 is 4.57 Å². The zero-order chi connectivity index (χ0) is 22.1. The fourth-order valence-electron chi connectivity index (χ4n) is 3.72. The maximum absolute atomic E-state index is 6.06. The molecule has 0 aliphatic rings. The Bertz CT molecular complexity index is 1370. The topological polar surface area (TPSA) is 48.0 Å². The van der Waals surface area contributed by atoms with E-state index in [0.29, 0.717) is 5.75 Å². The maximum atomic E-state index is 6.06. The Kier molecular flexibility index (Phi) is 5.72. The number of nitrogens with zero attached hydrogens (tertiary/aromatic N) is 5. The lowest BCUT2D eigenvalue weighted by atomic mass is 10.2. The highest BCUT2D eigenvalue weighted by Gasteiger charge is 2.13. The number of halogens is 1. The molecule has 0 aliphatic carbocycles. The van der Waals surface area contributed by atoms with Crippen molar-refractivity contribution in [2.45, 2.75) is 31.3 Å². The molecule has 0 unspecified atom stereocenters. The first-order chi connectivity index (χ1) is 15.5.